The molecule has 32 heavy (non-hydrogen) atoms. The normalized spacial score (nSPS) is 12.4. The molecule has 0 bridgehead atoms. The molecule has 0 aliphatic rings. The van der Waals surface area contributed by atoms with Gasteiger partial charge in [-0.3, -0.25) is 4.98 Å². The van der Waals surface area contributed by atoms with E-state index < -0.39 is 0 Å². The van der Waals surface area contributed by atoms with E-state index >= 15 is 0 Å². The lowest BCUT2D eigenvalue weighted by Gasteiger charge is -2.12. The van der Waals surface area contributed by atoms with Crippen molar-refractivity contribution in [1.29, 1.82) is 0 Å². The minimum absolute atomic E-state index is 0.128. The molecule has 0 saturated carbocycles. The Bertz CT molecular complexity index is 981. The number of unbranched alkanes of at least 4 members (excludes halogenated alkanes) is 1. The van der Waals surface area contributed by atoms with Crippen molar-refractivity contribution in [2.45, 2.75) is 52.7 Å². The molecule has 8 nitrogen and oxygen atoms in total. The highest BCUT2D eigenvalue weighted by Gasteiger charge is 2.09. The molecular weight excluding hydrogens is 406 g/mol. The number of hydrogen-bond acceptors (Lipinski definition) is 8. The Balaban J connectivity index is 0.000000344. The molecule has 0 aliphatic carbocycles. The van der Waals surface area contributed by atoms with Crippen LogP contribution in [0.3, 0.4) is 0 Å². The summed E-state index contributed by atoms with van der Waals surface area (Å²) in [5.41, 5.74) is 8.18. The number of hydrogen-bond donors (Lipinski definition) is 3. The molecule has 2 aromatic heterocycles. The summed E-state index contributed by atoms with van der Waals surface area (Å²) in [6, 6.07) is 9.29. The van der Waals surface area contributed by atoms with E-state index in [-0.39, 0.29) is 6.10 Å². The predicted molar refractivity (Wildman–Crippen MR) is 129 cm³/mol. The van der Waals surface area contributed by atoms with E-state index in [2.05, 4.69) is 34.1 Å². The number of benzene rings is 1. The quantitative estimate of drug-likeness (QED) is 0.447. The summed E-state index contributed by atoms with van der Waals surface area (Å²) in [7, 11) is 3.24. The lowest BCUT2D eigenvalue weighted by molar-refractivity contribution is 0.128. The van der Waals surface area contributed by atoms with Crippen molar-refractivity contribution < 1.29 is 14.6 Å². The zero-order valence-electron chi connectivity index (χ0n) is 19.6. The molecule has 3 aromatic rings. The first-order valence-electron chi connectivity index (χ1n) is 10.9. The van der Waals surface area contributed by atoms with Crippen molar-refractivity contribution in [3.8, 4) is 11.5 Å². The lowest BCUT2D eigenvalue weighted by atomic mass is 10.00. The molecule has 3 rings (SSSR count). The number of rotatable bonds is 9. The SMILES string of the molecule is CCCCC(C)C(C)O.COc1ccc(CNc2nc(N)c3ncccc3n2)c(OC)c1. The maximum absolute atomic E-state index is 9.05. The largest absolute Gasteiger partial charge is 0.497 e. The van der Waals surface area contributed by atoms with Crippen molar-refractivity contribution >= 4 is 22.8 Å². The van der Waals surface area contributed by atoms with Crippen LogP contribution in [-0.4, -0.2) is 40.4 Å². The van der Waals surface area contributed by atoms with Crippen LogP contribution in [0.2, 0.25) is 0 Å². The number of aliphatic hydroxyl groups excluding tert-OH is 1. The van der Waals surface area contributed by atoms with Crippen molar-refractivity contribution in [1.82, 2.24) is 15.0 Å². The van der Waals surface area contributed by atoms with E-state index in [1.807, 2.05) is 37.3 Å². The second-order valence-electron chi connectivity index (χ2n) is 7.70. The summed E-state index contributed by atoms with van der Waals surface area (Å²) in [5.74, 6) is 2.74. The summed E-state index contributed by atoms with van der Waals surface area (Å²) in [4.78, 5) is 12.8. The van der Waals surface area contributed by atoms with Gasteiger partial charge in [0, 0.05) is 24.4 Å². The fourth-order valence-corrected chi connectivity index (χ4v) is 3.01. The highest BCUT2D eigenvalue weighted by atomic mass is 16.5. The summed E-state index contributed by atoms with van der Waals surface area (Å²) < 4.78 is 10.6. The number of anilines is 2. The van der Waals surface area contributed by atoms with Crippen molar-refractivity contribution in [2.75, 3.05) is 25.3 Å². The first kappa shape index (κ1) is 25.1. The number of pyridine rings is 1. The fourth-order valence-electron chi connectivity index (χ4n) is 3.01. The van der Waals surface area contributed by atoms with E-state index in [1.165, 1.54) is 12.8 Å². The molecule has 2 unspecified atom stereocenters. The molecule has 8 heteroatoms. The zero-order chi connectivity index (χ0) is 23.5. The van der Waals surface area contributed by atoms with Gasteiger partial charge in [0.15, 0.2) is 5.82 Å². The second kappa shape index (κ2) is 12.7. The predicted octanol–water partition coefficient (Wildman–Crippen LogP) is 4.43. The number of nitrogens with one attached hydrogen (secondary N) is 1. The topological polar surface area (TPSA) is 115 Å². The number of nitrogens with zero attached hydrogens (tertiary/aromatic N) is 3. The van der Waals surface area contributed by atoms with E-state index in [0.29, 0.717) is 35.3 Å². The maximum atomic E-state index is 9.05. The first-order valence-corrected chi connectivity index (χ1v) is 10.9. The van der Waals surface area contributed by atoms with Crippen LogP contribution in [0.4, 0.5) is 11.8 Å². The van der Waals surface area contributed by atoms with Crippen molar-refractivity contribution in [3.05, 3.63) is 42.1 Å². The van der Waals surface area contributed by atoms with Crippen molar-refractivity contribution in [2.24, 2.45) is 5.92 Å². The Morgan fingerprint density at radius 1 is 1.12 bits per heavy atom. The number of aromatic nitrogens is 3. The fraction of sp³-hybridized carbons (Fsp3) is 0.458. The third-order valence-electron chi connectivity index (χ3n) is 5.25. The average molecular weight is 442 g/mol. The van der Waals surface area contributed by atoms with Crippen LogP contribution in [0.5, 0.6) is 11.5 Å². The van der Waals surface area contributed by atoms with Gasteiger partial charge >= 0.3 is 0 Å². The summed E-state index contributed by atoms with van der Waals surface area (Å²) >= 11 is 0. The number of fused-ring (bicyclic) bond motifs is 1. The Morgan fingerprint density at radius 3 is 2.56 bits per heavy atom. The van der Waals surface area contributed by atoms with Gasteiger partial charge in [0.25, 0.3) is 0 Å². The minimum Gasteiger partial charge on any atom is -0.497 e. The highest BCUT2D eigenvalue weighted by Crippen LogP contribution is 2.25. The van der Waals surface area contributed by atoms with E-state index in [4.69, 9.17) is 20.3 Å². The number of nitrogens with two attached hydrogens (primary N) is 1. The van der Waals surface area contributed by atoms with Crippen LogP contribution in [0.25, 0.3) is 11.0 Å². The summed E-state index contributed by atoms with van der Waals surface area (Å²) in [6.45, 7) is 6.63. The van der Waals surface area contributed by atoms with Gasteiger partial charge in [0.1, 0.15) is 17.0 Å². The minimum atomic E-state index is -0.128. The van der Waals surface area contributed by atoms with Gasteiger partial charge < -0.3 is 25.6 Å². The highest BCUT2D eigenvalue weighted by molar-refractivity contribution is 5.84. The molecule has 0 radical (unpaired) electrons. The first-order chi connectivity index (χ1) is 15.4. The molecule has 4 N–H and O–H groups in total. The van der Waals surface area contributed by atoms with E-state index in [1.54, 1.807) is 20.4 Å². The Labute approximate surface area is 190 Å². The summed E-state index contributed by atoms with van der Waals surface area (Å²) in [6.07, 6.45) is 5.17. The maximum Gasteiger partial charge on any atom is 0.225 e. The molecule has 1 aromatic carbocycles. The van der Waals surface area contributed by atoms with Crippen LogP contribution in [0, 0.1) is 5.92 Å². The van der Waals surface area contributed by atoms with Crippen LogP contribution in [0.1, 0.15) is 45.6 Å². The molecule has 2 atom stereocenters. The number of methoxy groups -OCH3 is 2. The van der Waals surface area contributed by atoms with Crippen LogP contribution in [-0.2, 0) is 6.54 Å². The lowest BCUT2D eigenvalue weighted by Crippen LogP contribution is -2.12. The van der Waals surface area contributed by atoms with E-state index in [0.717, 1.165) is 23.5 Å². The number of aliphatic hydroxyl groups is 1. The second-order valence-corrected chi connectivity index (χ2v) is 7.70. The van der Waals surface area contributed by atoms with E-state index in [9.17, 15) is 0 Å². The van der Waals surface area contributed by atoms with Gasteiger partial charge in [-0.05, 0) is 43.5 Å². The molecule has 0 aliphatic heterocycles. The van der Waals surface area contributed by atoms with Gasteiger partial charge in [-0.15, -0.1) is 0 Å². The van der Waals surface area contributed by atoms with Crippen LogP contribution < -0.4 is 20.5 Å². The van der Waals surface area contributed by atoms with Crippen LogP contribution >= 0.6 is 0 Å². The van der Waals surface area contributed by atoms with Crippen LogP contribution in [0.15, 0.2) is 36.5 Å². The van der Waals surface area contributed by atoms with Crippen molar-refractivity contribution in [3.63, 3.8) is 0 Å². The zero-order valence-corrected chi connectivity index (χ0v) is 19.6. The Kier molecular flexibility index (Phi) is 9.94. The Hall–Kier alpha value is -3.13. The monoisotopic (exact) mass is 441 g/mol. The molecule has 2 heterocycles. The standard InChI is InChI=1S/C16H17N5O2.C8H18O/c1-22-11-6-5-10(13(8-11)23-2)9-19-16-20-12-4-3-7-18-14(12)15(17)21-16;1-4-5-6-7(2)8(3)9/h3-8H,9H2,1-2H3,(H3,17,19,20,21);7-9H,4-6H2,1-3H3. The Morgan fingerprint density at radius 2 is 1.91 bits per heavy atom. The van der Waals surface area contributed by atoms with Gasteiger partial charge in [0.05, 0.1) is 25.8 Å². The number of ether oxygens (including phenoxy) is 2. The van der Waals surface area contributed by atoms with Gasteiger partial charge in [-0.1, -0.05) is 26.7 Å². The molecule has 0 saturated heterocycles. The molecular formula is C24H35N5O3. The third-order valence-corrected chi connectivity index (χ3v) is 5.25. The van der Waals surface area contributed by atoms with Gasteiger partial charge in [0.2, 0.25) is 5.95 Å². The smallest absolute Gasteiger partial charge is 0.225 e. The third kappa shape index (κ3) is 7.23. The molecule has 0 spiro atoms. The van der Waals surface area contributed by atoms with Gasteiger partial charge in [-0.25, -0.2) is 4.98 Å². The van der Waals surface area contributed by atoms with Gasteiger partial charge in [-0.2, -0.15) is 4.98 Å². The number of nitrogen functional groups attached to an aromatic ring is 1. The average Bonchev–Trinajstić information content (AvgIpc) is 2.81. The summed E-state index contributed by atoms with van der Waals surface area (Å²) in [5, 5.41) is 12.2. The molecule has 174 valence electrons. The molecule has 0 amide bonds. The molecule has 0 fully saturated rings.